The first-order valence-corrected chi connectivity index (χ1v) is 11.3. The molecule has 0 saturated heterocycles. The molecule has 1 aliphatic rings. The summed E-state index contributed by atoms with van der Waals surface area (Å²) in [5.41, 5.74) is 2.11. The molecule has 0 unspecified atom stereocenters. The van der Waals surface area contributed by atoms with Crippen LogP contribution in [0.2, 0.25) is 0 Å². The molecule has 0 radical (unpaired) electrons. The van der Waals surface area contributed by atoms with Crippen molar-refractivity contribution in [1.82, 2.24) is 0 Å². The Labute approximate surface area is 190 Å². The molecule has 1 aromatic heterocycles. The van der Waals surface area contributed by atoms with Gasteiger partial charge in [0, 0.05) is 33.1 Å². The SMILES string of the molecule is CO.COC.O=CCOc1c(C=O)sc(-c2cccc(NC3CCCCC3)c2)c1Br. The molecule has 1 heterocycles. The molecule has 1 saturated carbocycles. The zero-order valence-corrected chi connectivity index (χ0v) is 20.1. The van der Waals surface area contributed by atoms with E-state index >= 15 is 0 Å². The molecule has 0 amide bonds. The van der Waals surface area contributed by atoms with Gasteiger partial charge in [-0.3, -0.25) is 9.59 Å². The van der Waals surface area contributed by atoms with E-state index in [1.54, 1.807) is 14.2 Å². The predicted octanol–water partition coefficient (Wildman–Crippen LogP) is 5.18. The van der Waals surface area contributed by atoms with Gasteiger partial charge in [-0.05, 0) is 46.5 Å². The zero-order valence-electron chi connectivity index (χ0n) is 17.7. The fourth-order valence-electron chi connectivity index (χ4n) is 3.16. The number of benzene rings is 1. The van der Waals surface area contributed by atoms with Gasteiger partial charge in [0.25, 0.3) is 0 Å². The third-order valence-corrected chi connectivity index (χ3v) is 6.50. The number of ether oxygens (including phenoxy) is 2. The summed E-state index contributed by atoms with van der Waals surface area (Å²) in [6.07, 6.45) is 7.77. The third-order valence-electron chi connectivity index (χ3n) is 4.34. The van der Waals surface area contributed by atoms with Gasteiger partial charge in [0.05, 0.1) is 9.35 Å². The molecule has 1 aliphatic carbocycles. The van der Waals surface area contributed by atoms with E-state index in [4.69, 9.17) is 9.84 Å². The van der Waals surface area contributed by atoms with Crippen molar-refractivity contribution in [3.8, 4) is 16.2 Å². The summed E-state index contributed by atoms with van der Waals surface area (Å²) in [6.45, 7) is -0.0705. The topological polar surface area (TPSA) is 84.9 Å². The number of hydrogen-bond acceptors (Lipinski definition) is 7. The smallest absolute Gasteiger partial charge is 0.163 e. The molecule has 8 heteroatoms. The maximum absolute atomic E-state index is 11.3. The zero-order chi connectivity index (χ0) is 22.4. The number of aliphatic hydroxyl groups excluding tert-OH is 1. The second-order valence-corrected chi connectivity index (χ2v) is 8.35. The lowest BCUT2D eigenvalue weighted by Gasteiger charge is -2.24. The highest BCUT2D eigenvalue weighted by atomic mass is 79.9. The molecule has 6 nitrogen and oxygen atoms in total. The summed E-state index contributed by atoms with van der Waals surface area (Å²) in [5.74, 6) is 0.438. The minimum atomic E-state index is -0.0705. The second-order valence-electron chi connectivity index (χ2n) is 6.50. The quantitative estimate of drug-likeness (QED) is 0.510. The number of nitrogens with one attached hydrogen (secondary N) is 1. The van der Waals surface area contributed by atoms with Gasteiger partial charge in [-0.15, -0.1) is 11.3 Å². The van der Waals surface area contributed by atoms with Crippen molar-refractivity contribution in [3.63, 3.8) is 0 Å². The van der Waals surface area contributed by atoms with Crippen molar-refractivity contribution >= 4 is 45.5 Å². The molecule has 166 valence electrons. The van der Waals surface area contributed by atoms with Gasteiger partial charge >= 0.3 is 0 Å². The molecule has 0 bridgehead atoms. The van der Waals surface area contributed by atoms with E-state index in [9.17, 15) is 9.59 Å². The fourth-order valence-corrected chi connectivity index (χ4v) is 5.04. The van der Waals surface area contributed by atoms with Gasteiger partial charge in [0.1, 0.15) is 11.5 Å². The first-order chi connectivity index (χ1) is 14.6. The Balaban J connectivity index is 0.000000826. The maximum atomic E-state index is 11.3. The standard InChI is InChI=1S/C19H20BrNO3S.C2H6O.CH4O/c20-17-18(24-10-9-22)16(12-23)25-19(17)13-5-4-8-15(11-13)21-14-6-2-1-3-7-14;1-3-2;1-2/h4-5,8-9,11-12,14,21H,1-3,6-7,10H2;1-2H3;2H,1H3. The Morgan fingerprint density at radius 3 is 2.47 bits per heavy atom. The summed E-state index contributed by atoms with van der Waals surface area (Å²) in [7, 11) is 4.25. The van der Waals surface area contributed by atoms with Crippen molar-refractivity contribution in [2.75, 3.05) is 33.3 Å². The Kier molecular flexibility index (Phi) is 13.3. The molecule has 0 atom stereocenters. The number of aldehydes is 2. The van der Waals surface area contributed by atoms with Crippen molar-refractivity contribution in [2.24, 2.45) is 0 Å². The van der Waals surface area contributed by atoms with Crippen LogP contribution >= 0.6 is 27.3 Å². The van der Waals surface area contributed by atoms with Crippen LogP contribution in [-0.4, -0.2) is 51.7 Å². The van der Waals surface area contributed by atoms with Crippen LogP contribution in [-0.2, 0) is 9.53 Å². The summed E-state index contributed by atoms with van der Waals surface area (Å²) < 4.78 is 10.4. The highest BCUT2D eigenvalue weighted by Gasteiger charge is 2.19. The maximum Gasteiger partial charge on any atom is 0.163 e. The number of carbonyl (C=O) groups is 2. The number of rotatable bonds is 7. The molecule has 30 heavy (non-hydrogen) atoms. The molecular formula is C22H30BrNO5S. The van der Waals surface area contributed by atoms with E-state index in [0.717, 1.165) is 34.0 Å². The van der Waals surface area contributed by atoms with E-state index in [1.807, 2.05) is 12.1 Å². The Bertz CT molecular complexity index is 775. The van der Waals surface area contributed by atoms with Crippen LogP contribution in [0.3, 0.4) is 0 Å². The number of hydrogen-bond donors (Lipinski definition) is 2. The number of methoxy groups -OCH3 is 1. The van der Waals surface area contributed by atoms with E-state index in [2.05, 4.69) is 38.1 Å². The normalized spacial score (nSPS) is 13.2. The van der Waals surface area contributed by atoms with E-state index < -0.39 is 0 Å². The third kappa shape index (κ3) is 7.83. The molecule has 3 rings (SSSR count). The average molecular weight is 500 g/mol. The van der Waals surface area contributed by atoms with Crippen molar-refractivity contribution in [2.45, 2.75) is 38.1 Å². The van der Waals surface area contributed by atoms with Gasteiger partial charge in [-0.2, -0.15) is 0 Å². The lowest BCUT2D eigenvalue weighted by atomic mass is 9.95. The summed E-state index contributed by atoms with van der Waals surface area (Å²) in [4.78, 5) is 23.3. The largest absolute Gasteiger partial charge is 0.483 e. The Hall–Kier alpha value is -1.74. The number of aliphatic hydroxyl groups is 1. The van der Waals surface area contributed by atoms with E-state index in [-0.39, 0.29) is 6.61 Å². The van der Waals surface area contributed by atoms with Crippen LogP contribution in [0.15, 0.2) is 28.7 Å². The van der Waals surface area contributed by atoms with Crippen molar-refractivity contribution < 1.29 is 24.2 Å². The average Bonchev–Trinajstić information content (AvgIpc) is 3.10. The van der Waals surface area contributed by atoms with Gasteiger partial charge < -0.3 is 19.9 Å². The fraction of sp³-hybridized carbons (Fsp3) is 0.455. The molecular weight excluding hydrogens is 470 g/mol. The molecule has 0 aliphatic heterocycles. The van der Waals surface area contributed by atoms with Crippen LogP contribution in [0.1, 0.15) is 41.8 Å². The van der Waals surface area contributed by atoms with E-state index in [0.29, 0.717) is 23.0 Å². The van der Waals surface area contributed by atoms with Crippen LogP contribution in [0, 0.1) is 0 Å². The van der Waals surface area contributed by atoms with Gasteiger partial charge in [-0.1, -0.05) is 31.4 Å². The van der Waals surface area contributed by atoms with Gasteiger partial charge in [0.2, 0.25) is 0 Å². The minimum Gasteiger partial charge on any atom is -0.483 e. The molecule has 1 aromatic carbocycles. The van der Waals surface area contributed by atoms with Crippen molar-refractivity contribution in [1.29, 1.82) is 0 Å². The lowest BCUT2D eigenvalue weighted by Crippen LogP contribution is -2.22. The van der Waals surface area contributed by atoms with E-state index in [1.165, 1.54) is 43.4 Å². The van der Waals surface area contributed by atoms with Gasteiger partial charge in [-0.25, -0.2) is 0 Å². The molecule has 2 N–H and O–H groups in total. The summed E-state index contributed by atoms with van der Waals surface area (Å²) in [6, 6.07) is 8.74. The molecule has 0 spiro atoms. The first-order valence-electron chi connectivity index (χ1n) is 9.70. The van der Waals surface area contributed by atoms with Gasteiger partial charge in [0.15, 0.2) is 18.3 Å². The second kappa shape index (κ2) is 15.1. The predicted molar refractivity (Wildman–Crippen MR) is 126 cm³/mol. The summed E-state index contributed by atoms with van der Waals surface area (Å²) in [5, 5.41) is 10.6. The lowest BCUT2D eigenvalue weighted by molar-refractivity contribution is -0.109. The monoisotopic (exact) mass is 499 g/mol. The van der Waals surface area contributed by atoms with Crippen LogP contribution in [0.25, 0.3) is 10.4 Å². The first kappa shape index (κ1) is 26.3. The van der Waals surface area contributed by atoms with Crippen LogP contribution in [0.4, 0.5) is 5.69 Å². The number of carbonyl (C=O) groups excluding carboxylic acids is 2. The minimum absolute atomic E-state index is 0.0705. The molecule has 1 fully saturated rings. The Morgan fingerprint density at radius 2 is 1.87 bits per heavy atom. The van der Waals surface area contributed by atoms with Crippen LogP contribution in [0.5, 0.6) is 5.75 Å². The highest BCUT2D eigenvalue weighted by molar-refractivity contribution is 9.10. The number of thiophene rings is 1. The highest BCUT2D eigenvalue weighted by Crippen LogP contribution is 2.45. The number of anilines is 1. The molecule has 2 aromatic rings. The van der Waals surface area contributed by atoms with Crippen molar-refractivity contribution in [3.05, 3.63) is 33.6 Å². The number of halogens is 1. The van der Waals surface area contributed by atoms with Crippen LogP contribution < -0.4 is 10.1 Å². The summed E-state index contributed by atoms with van der Waals surface area (Å²) >= 11 is 4.88. The Morgan fingerprint density at radius 1 is 1.20 bits per heavy atom.